The molecule has 0 unspecified atom stereocenters. The van der Waals surface area contributed by atoms with Crippen LogP contribution in [0.4, 0.5) is 0 Å². The second-order valence-corrected chi connectivity index (χ2v) is 34.9. The molecule has 776 valence electrons. The average Bonchev–Trinajstić information content (AvgIpc) is 0.742. The molecule has 10 heterocycles. The normalized spacial score (nSPS) is 48.2. The molecule has 0 aromatic rings. The van der Waals surface area contributed by atoms with Crippen molar-refractivity contribution < 1.29 is 316 Å². The van der Waals surface area contributed by atoms with E-state index in [4.69, 9.17) is 99.0 Å². The van der Waals surface area contributed by atoms with E-state index in [2.05, 4.69) is 0 Å². The van der Waals surface area contributed by atoms with Crippen molar-refractivity contribution in [1.82, 2.24) is 0 Å². The molecule has 10 aliphatic heterocycles. The van der Waals surface area contributed by atoms with Crippen LogP contribution in [0.3, 0.4) is 0 Å². The Bertz CT molecular complexity index is 3720. The number of hydrogen-bond donors (Lipinski definition) is 39. The van der Waals surface area contributed by atoms with Crippen molar-refractivity contribution in [3.63, 3.8) is 0 Å². The SMILES string of the molecule is O=C(O)[C@@]1(O[C@@H]2C[C@](O)(C(=O)O)O[C@H]([C@H](O)CO)[C@@H]2O[C@H]2O[C@H]([C@@H](O)CO)[C@@H](OP(=O)(O)O)[C@H](O[C@@H]3O[C@H]([C@H](O)CO[C@H]4O[C@H]([C@@H](O)CO)[C@@H](O)[C@H](O)[C@@H]4O)[C@@H](OP(=O)(O)O)[C@H](O[C@H]4O[C@H](CO)[C@@H](O)[C@H](O[C@H]5O[C@H](CO)[C@@H](O[C@@H]6O[C@H](CO)[C@H](O)[C@H](O)[C@H]6O)[C@H](O)[C@H]5O[C@H]5O[C@H](CO)[C@H](O)[C@H](O)[C@H]5O[C@H]5O[C@H](CO)[C@H](O)[C@H](O)[C@H]5O)[C@H]4O)[C@@H]3O)[C@@H]2O)C[C@@H](O)[C@@H](O)[C@@H]([C@H](O)CO)O1. The number of aliphatic hydroxyl groups excluding tert-OH is 32. The third-order valence-electron chi connectivity index (χ3n) is 23.5. The van der Waals surface area contributed by atoms with Gasteiger partial charge in [0.05, 0.1) is 78.3 Å². The molecule has 0 amide bonds. The van der Waals surface area contributed by atoms with Crippen molar-refractivity contribution in [2.45, 2.75) is 337 Å². The summed E-state index contributed by atoms with van der Waals surface area (Å²) in [6, 6.07) is 0. The fraction of sp³-hybridized carbons (Fsp3) is 0.970. The largest absolute Gasteiger partial charge is 0.477 e. The Morgan fingerprint density at radius 2 is 0.654 bits per heavy atom. The van der Waals surface area contributed by atoms with Gasteiger partial charge in [-0.25, -0.2) is 18.7 Å². The van der Waals surface area contributed by atoms with Gasteiger partial charge in [0.15, 0.2) is 50.3 Å². The molecule has 0 saturated carbocycles. The van der Waals surface area contributed by atoms with E-state index in [1.807, 2.05) is 0 Å². The second kappa shape index (κ2) is 46.6. The van der Waals surface area contributed by atoms with Crippen LogP contribution in [-0.4, -0.2) is 601 Å². The zero-order valence-electron chi connectivity index (χ0n) is 68.5. The van der Waals surface area contributed by atoms with Crippen LogP contribution < -0.4 is 0 Å². The van der Waals surface area contributed by atoms with Gasteiger partial charge < -0.3 is 288 Å². The molecule has 133 heavy (non-hydrogen) atoms. The first-order valence-corrected chi connectivity index (χ1v) is 43.6. The zero-order chi connectivity index (χ0) is 98.9. The van der Waals surface area contributed by atoms with Crippen LogP contribution in [0.15, 0.2) is 0 Å². The van der Waals surface area contributed by atoms with Gasteiger partial charge in [-0.3, -0.25) is 9.05 Å². The predicted molar refractivity (Wildman–Crippen MR) is 392 cm³/mol. The van der Waals surface area contributed by atoms with Crippen molar-refractivity contribution >= 4 is 27.6 Å². The monoisotopic (exact) mass is 2000 g/mol. The standard InChI is InChI=1S/C67H114O64P2/c68-3-14(78)42-34(92)32(90)35(93)56(117-42)111-12-18(82)45-55(131-133(108,109)110)51(41(99)61(119-45)124-50-40(98)60(118-44(16(80)5-70)54(50)130-132(105,106)107)121-48-19(2-66(104,64(100)101)128-46(48)17(81)6-71)127-67(65(102)103)1-13(77)25(83)43(129-67)15(79)4-69)123-59-39(97)49(29(87)23(10-75)114-59)122-63-53(38(96)47(24(11-76)116-63)120-57-36(94)30(88)26(84)20(7-72)112-57)126-62-52(33(91)28(86)22(9-74)115-62)125-58-37(95)31(89)27(85)21(8-73)113-58/h13-63,68-99,104H,1-12H2,(H,100,101)(H,102,103)(H2,105,106,107)(H2,108,109,110)/t13-,14+,15-,16+,17-,18-,19-,20-,21-,22-,23-,24-,25-,26+,27+,28+,29-,30+,31+,32+,33+,34+,35+,36-,37-,38+,39-,40+,41+,42-,43-,44-,45-,46-,47-,48-,49+,50-,51-,52-,53-,54-,55-,56+,57+,58-,59-,60-,61+,62-,63-,66-,67-/m1/s1. The summed E-state index contributed by atoms with van der Waals surface area (Å²) in [4.78, 5) is 68.9. The maximum atomic E-state index is 13.4. The summed E-state index contributed by atoms with van der Waals surface area (Å²) < 4.78 is 146. The minimum absolute atomic E-state index is 1.12. The zero-order valence-corrected chi connectivity index (χ0v) is 70.3. The topological polar surface area (TPSA) is 1050 Å². The average molecular weight is 2010 g/mol. The molecular weight excluding hydrogens is 1890 g/mol. The highest BCUT2D eigenvalue weighted by Crippen LogP contribution is 2.50. The minimum atomic E-state index is -6.45. The highest BCUT2D eigenvalue weighted by Gasteiger charge is 2.66. The van der Waals surface area contributed by atoms with Gasteiger partial charge in [0, 0.05) is 12.8 Å². The number of carboxylic acid groups (broad SMARTS) is 2. The van der Waals surface area contributed by atoms with Crippen molar-refractivity contribution in [3.05, 3.63) is 0 Å². The van der Waals surface area contributed by atoms with E-state index in [-0.39, 0.29) is 0 Å². The van der Waals surface area contributed by atoms with Crippen LogP contribution in [0, 0.1) is 0 Å². The van der Waals surface area contributed by atoms with Crippen LogP contribution in [-0.2, 0) is 118 Å². The number of aliphatic carboxylic acids is 2. The van der Waals surface area contributed by atoms with Crippen LogP contribution in [0.25, 0.3) is 0 Å². The summed E-state index contributed by atoms with van der Waals surface area (Å²) in [6.45, 7) is -14.1. The smallest absolute Gasteiger partial charge is 0.470 e. The first-order chi connectivity index (χ1) is 62.3. The molecule has 0 aliphatic carbocycles. The number of phosphoric acid groups is 2. The summed E-state index contributed by atoms with van der Waals surface area (Å²) in [6.07, 6.45) is -134. The number of phosphoric ester groups is 2. The molecule has 0 radical (unpaired) electrons. The third-order valence-corrected chi connectivity index (χ3v) is 24.6. The van der Waals surface area contributed by atoms with Gasteiger partial charge in [0.25, 0.3) is 11.6 Å². The Hall–Kier alpha value is -2.92. The Kier molecular flexibility index (Phi) is 39.3. The van der Waals surface area contributed by atoms with Crippen molar-refractivity contribution in [2.75, 3.05) is 66.1 Å². The highest BCUT2D eigenvalue weighted by atomic mass is 31.2. The molecule has 66 heteroatoms. The maximum absolute atomic E-state index is 13.4. The number of rotatable bonds is 39. The van der Waals surface area contributed by atoms with Crippen LogP contribution in [0.5, 0.6) is 0 Å². The molecule has 10 fully saturated rings. The van der Waals surface area contributed by atoms with Gasteiger partial charge in [-0.05, 0) is 0 Å². The number of carbonyl (C=O) groups is 2. The second-order valence-electron chi connectivity index (χ2n) is 32.5. The summed E-state index contributed by atoms with van der Waals surface area (Å²) in [5.74, 6) is -12.2. The lowest BCUT2D eigenvalue weighted by atomic mass is 9.89. The fourth-order valence-corrected chi connectivity index (χ4v) is 17.5. The molecule has 10 saturated heterocycles. The summed E-state index contributed by atoms with van der Waals surface area (Å²) in [7, 11) is -12.8. The van der Waals surface area contributed by atoms with E-state index in [0.29, 0.717) is 0 Å². The Morgan fingerprint density at radius 1 is 0.308 bits per heavy atom. The Balaban J connectivity index is 1.08. The molecule has 10 rings (SSSR count). The highest BCUT2D eigenvalue weighted by molar-refractivity contribution is 7.46. The first-order valence-electron chi connectivity index (χ1n) is 40.6. The van der Waals surface area contributed by atoms with Crippen molar-refractivity contribution in [1.29, 1.82) is 0 Å². The molecule has 0 aromatic heterocycles. The van der Waals surface area contributed by atoms with Gasteiger partial charge in [-0.1, -0.05) is 0 Å². The first kappa shape index (κ1) is 112. The summed E-state index contributed by atoms with van der Waals surface area (Å²) in [5, 5.41) is 388. The lowest BCUT2D eigenvalue weighted by molar-refractivity contribution is -0.416. The molecule has 10 aliphatic rings. The van der Waals surface area contributed by atoms with E-state index in [9.17, 15) is 217 Å². The third kappa shape index (κ3) is 24.6. The lowest BCUT2D eigenvalue weighted by Gasteiger charge is -2.52. The van der Waals surface area contributed by atoms with Gasteiger partial charge in [0.2, 0.25) is 0 Å². The van der Waals surface area contributed by atoms with Crippen molar-refractivity contribution in [3.8, 4) is 0 Å². The lowest BCUT2D eigenvalue weighted by Crippen LogP contribution is -2.71. The number of ether oxygens (including phenoxy) is 19. The van der Waals surface area contributed by atoms with Crippen molar-refractivity contribution in [2.24, 2.45) is 0 Å². The van der Waals surface area contributed by atoms with Crippen LogP contribution in [0.1, 0.15) is 12.8 Å². The summed E-state index contributed by atoms with van der Waals surface area (Å²) >= 11 is 0. The van der Waals surface area contributed by atoms with E-state index in [1.165, 1.54) is 0 Å². The molecule has 0 aromatic carbocycles. The van der Waals surface area contributed by atoms with E-state index < -0.39 is 431 Å². The number of hydrogen-bond acceptors (Lipinski definition) is 58. The molecule has 64 nitrogen and oxygen atoms in total. The number of aliphatic hydroxyl groups is 33. The maximum Gasteiger partial charge on any atom is 0.470 e. The quantitative estimate of drug-likeness (QED) is 0.0254. The van der Waals surface area contributed by atoms with E-state index >= 15 is 0 Å². The fourth-order valence-electron chi connectivity index (χ4n) is 16.4. The molecule has 53 atom stereocenters. The minimum Gasteiger partial charge on any atom is -0.477 e. The molecule has 0 spiro atoms. The van der Waals surface area contributed by atoms with E-state index in [0.717, 1.165) is 0 Å². The molecular formula is C67H114O64P2. The predicted octanol–water partition coefficient (Wildman–Crippen LogP) is -24.8. The summed E-state index contributed by atoms with van der Waals surface area (Å²) in [5.41, 5.74) is 0. The van der Waals surface area contributed by atoms with Crippen LogP contribution >= 0.6 is 15.6 Å². The van der Waals surface area contributed by atoms with Gasteiger partial charge >= 0.3 is 27.6 Å². The Labute approximate surface area is 745 Å². The van der Waals surface area contributed by atoms with Gasteiger partial charge in [-0.2, -0.15) is 0 Å². The van der Waals surface area contributed by atoms with Crippen LogP contribution in [0.2, 0.25) is 0 Å². The van der Waals surface area contributed by atoms with Gasteiger partial charge in [0.1, 0.15) is 250 Å². The molecule has 39 N–H and O–H groups in total. The van der Waals surface area contributed by atoms with Gasteiger partial charge in [-0.15, -0.1) is 0 Å². The Morgan fingerprint density at radius 3 is 1.11 bits per heavy atom. The number of carboxylic acids is 2. The molecule has 0 bridgehead atoms. The van der Waals surface area contributed by atoms with E-state index in [1.54, 1.807) is 0 Å².